The van der Waals surface area contributed by atoms with Gasteiger partial charge in [0.15, 0.2) is 6.04 Å². The van der Waals surface area contributed by atoms with Gasteiger partial charge in [-0.3, -0.25) is 0 Å². The lowest BCUT2D eigenvalue weighted by Crippen LogP contribution is -2.53. The number of aryl methyl sites for hydroxylation is 1. The number of ether oxygens (including phenoxy) is 1. The van der Waals surface area contributed by atoms with Gasteiger partial charge in [-0.15, -0.1) is 11.3 Å². The summed E-state index contributed by atoms with van der Waals surface area (Å²) >= 11 is 1.69. The molecule has 0 aliphatic carbocycles. The molecule has 0 bridgehead atoms. The van der Waals surface area contributed by atoms with E-state index in [1.165, 1.54) is 12.0 Å². The van der Waals surface area contributed by atoms with Gasteiger partial charge in [0.25, 0.3) is 0 Å². The van der Waals surface area contributed by atoms with E-state index in [1.54, 1.807) is 34.7 Å². The molecule has 9 heteroatoms. The van der Waals surface area contributed by atoms with Crippen LogP contribution in [0.25, 0.3) is 10.2 Å². The fourth-order valence-electron chi connectivity index (χ4n) is 3.70. The number of anilines is 1. The van der Waals surface area contributed by atoms with Crippen molar-refractivity contribution in [3.63, 3.8) is 0 Å². The molecule has 8 nitrogen and oxygen atoms in total. The van der Waals surface area contributed by atoms with E-state index in [0.29, 0.717) is 31.7 Å². The topological polar surface area (TPSA) is 87.7 Å². The Morgan fingerprint density at radius 3 is 2.58 bits per heavy atom. The highest BCUT2D eigenvalue weighted by atomic mass is 32.1. The summed E-state index contributed by atoms with van der Waals surface area (Å²) in [5, 5.41) is 3.89. The van der Waals surface area contributed by atoms with E-state index in [0.717, 1.165) is 22.5 Å². The third-order valence-electron chi connectivity index (χ3n) is 5.41. The highest BCUT2D eigenvalue weighted by Crippen LogP contribution is 2.31. The summed E-state index contributed by atoms with van der Waals surface area (Å²) in [4.78, 5) is 40.2. The molecule has 1 fully saturated rings. The summed E-state index contributed by atoms with van der Waals surface area (Å²) in [5.41, 5.74) is 0.689. The van der Waals surface area contributed by atoms with Crippen molar-refractivity contribution < 1.29 is 14.3 Å². The van der Waals surface area contributed by atoms with Gasteiger partial charge in [-0.2, -0.15) is 0 Å². The second-order valence-electron chi connectivity index (χ2n) is 7.27. The van der Waals surface area contributed by atoms with Crippen molar-refractivity contribution in [1.29, 1.82) is 0 Å². The van der Waals surface area contributed by atoms with Gasteiger partial charge in [-0.25, -0.2) is 19.6 Å². The van der Waals surface area contributed by atoms with Gasteiger partial charge in [0.1, 0.15) is 17.0 Å². The maximum atomic E-state index is 12.9. The van der Waals surface area contributed by atoms with Crippen molar-refractivity contribution in [3.05, 3.63) is 53.2 Å². The highest BCUT2D eigenvalue weighted by molar-refractivity contribution is 7.18. The molecule has 1 aliphatic heterocycles. The number of amides is 2. The normalized spacial score (nSPS) is 15.0. The maximum Gasteiger partial charge on any atom is 0.333 e. The first-order valence-corrected chi connectivity index (χ1v) is 11.1. The molecule has 3 aromatic rings. The molecule has 2 amide bonds. The first kappa shape index (κ1) is 21.0. The van der Waals surface area contributed by atoms with Crippen LogP contribution in [-0.2, 0) is 16.0 Å². The van der Waals surface area contributed by atoms with Crippen LogP contribution < -0.4 is 10.2 Å². The van der Waals surface area contributed by atoms with Crippen molar-refractivity contribution in [1.82, 2.24) is 20.2 Å². The predicted molar refractivity (Wildman–Crippen MR) is 120 cm³/mol. The number of benzene rings is 1. The zero-order valence-electron chi connectivity index (χ0n) is 17.6. The molecule has 1 N–H and O–H groups in total. The highest BCUT2D eigenvalue weighted by Gasteiger charge is 2.28. The Kier molecular flexibility index (Phi) is 6.31. The molecular weight excluding hydrogens is 414 g/mol. The van der Waals surface area contributed by atoms with Crippen LogP contribution in [0.1, 0.15) is 23.4 Å². The van der Waals surface area contributed by atoms with Crippen LogP contribution in [0.2, 0.25) is 0 Å². The first-order valence-electron chi connectivity index (χ1n) is 10.3. The molecule has 31 heavy (non-hydrogen) atoms. The molecule has 1 unspecified atom stereocenters. The number of nitrogens with one attached hydrogen (secondary N) is 1. The number of hydrogen-bond donors (Lipinski definition) is 1. The van der Waals surface area contributed by atoms with Gasteiger partial charge in [-0.1, -0.05) is 37.3 Å². The fraction of sp³-hybridized carbons (Fsp3) is 0.364. The second-order valence-corrected chi connectivity index (χ2v) is 8.39. The number of carbonyl (C=O) groups excluding carboxylic acids is 2. The van der Waals surface area contributed by atoms with E-state index in [2.05, 4.69) is 33.2 Å². The number of fused-ring (bicyclic) bond motifs is 1. The quantitative estimate of drug-likeness (QED) is 0.615. The van der Waals surface area contributed by atoms with Gasteiger partial charge in [0.05, 0.1) is 12.5 Å². The Hall–Kier alpha value is -3.20. The minimum absolute atomic E-state index is 0.282. The Balaban J connectivity index is 1.43. The third-order valence-corrected chi connectivity index (χ3v) is 6.60. The van der Waals surface area contributed by atoms with E-state index in [1.807, 2.05) is 18.2 Å². The Morgan fingerprint density at radius 1 is 1.16 bits per heavy atom. The van der Waals surface area contributed by atoms with Crippen molar-refractivity contribution in [3.8, 4) is 0 Å². The monoisotopic (exact) mass is 439 g/mol. The van der Waals surface area contributed by atoms with Crippen LogP contribution in [0.3, 0.4) is 0 Å². The molecular formula is C22H25N5O3S. The molecule has 0 spiro atoms. The average Bonchev–Trinajstić information content (AvgIpc) is 3.26. The number of piperazine rings is 1. The minimum Gasteiger partial charge on any atom is -0.467 e. The van der Waals surface area contributed by atoms with Gasteiger partial charge in [0, 0.05) is 31.1 Å². The van der Waals surface area contributed by atoms with Crippen LogP contribution in [0.4, 0.5) is 10.6 Å². The van der Waals surface area contributed by atoms with Crippen LogP contribution in [0.15, 0.2) is 42.7 Å². The number of thiophene rings is 1. The smallest absolute Gasteiger partial charge is 0.333 e. The van der Waals surface area contributed by atoms with E-state index >= 15 is 0 Å². The molecule has 2 aromatic heterocycles. The molecule has 1 saturated heterocycles. The third kappa shape index (κ3) is 4.46. The minimum atomic E-state index is -0.837. The molecule has 1 aromatic carbocycles. The van der Waals surface area contributed by atoms with E-state index in [-0.39, 0.29) is 6.03 Å². The number of hydrogen-bond acceptors (Lipinski definition) is 7. The van der Waals surface area contributed by atoms with Crippen molar-refractivity contribution >= 4 is 39.4 Å². The lowest BCUT2D eigenvalue weighted by atomic mass is 10.1. The van der Waals surface area contributed by atoms with E-state index in [4.69, 9.17) is 4.74 Å². The fourth-order valence-corrected chi connectivity index (χ4v) is 4.63. The van der Waals surface area contributed by atoms with Gasteiger partial charge >= 0.3 is 12.0 Å². The summed E-state index contributed by atoms with van der Waals surface area (Å²) in [6.07, 6.45) is 2.57. The number of carbonyl (C=O) groups is 2. The zero-order chi connectivity index (χ0) is 21.8. The van der Waals surface area contributed by atoms with Crippen molar-refractivity contribution in [2.75, 3.05) is 38.2 Å². The summed E-state index contributed by atoms with van der Waals surface area (Å²) in [7, 11) is 1.32. The largest absolute Gasteiger partial charge is 0.467 e. The number of aromatic nitrogens is 2. The summed E-state index contributed by atoms with van der Waals surface area (Å²) in [6.45, 7) is 4.51. The van der Waals surface area contributed by atoms with Crippen molar-refractivity contribution in [2.24, 2.45) is 0 Å². The van der Waals surface area contributed by atoms with Crippen LogP contribution >= 0.6 is 11.3 Å². The average molecular weight is 440 g/mol. The molecule has 0 saturated carbocycles. The predicted octanol–water partition coefficient (Wildman–Crippen LogP) is 3.00. The summed E-state index contributed by atoms with van der Waals surface area (Å²) < 4.78 is 4.89. The molecule has 4 rings (SSSR count). The Bertz CT molecular complexity index is 1060. The molecule has 1 aliphatic rings. The lowest BCUT2D eigenvalue weighted by molar-refractivity contribution is -0.143. The van der Waals surface area contributed by atoms with Crippen LogP contribution in [-0.4, -0.2) is 60.2 Å². The molecule has 1 atom stereocenters. The number of rotatable bonds is 5. The number of nitrogens with zero attached hydrogens (tertiary/aromatic N) is 4. The number of methoxy groups -OCH3 is 1. The summed E-state index contributed by atoms with van der Waals surface area (Å²) in [5.74, 6) is 0.420. The number of esters is 1. The first-order chi connectivity index (χ1) is 15.1. The molecule has 0 radical (unpaired) electrons. The standard InChI is InChI=1S/C22H25N5O3S/c1-3-16-13-17-19(23-14-24-20(17)31-16)26-9-11-27(12-10-26)22(29)25-18(21(28)30-2)15-7-5-4-6-8-15/h4-8,13-14,18H,3,9-12H2,1-2H3,(H,25,29). The van der Waals surface area contributed by atoms with E-state index in [9.17, 15) is 9.59 Å². The zero-order valence-corrected chi connectivity index (χ0v) is 18.4. The van der Waals surface area contributed by atoms with Gasteiger partial charge < -0.3 is 19.9 Å². The van der Waals surface area contributed by atoms with Gasteiger partial charge in [0.2, 0.25) is 0 Å². The van der Waals surface area contributed by atoms with Crippen LogP contribution in [0.5, 0.6) is 0 Å². The lowest BCUT2D eigenvalue weighted by Gasteiger charge is -2.36. The van der Waals surface area contributed by atoms with Crippen molar-refractivity contribution in [2.45, 2.75) is 19.4 Å². The molecule has 162 valence electrons. The van der Waals surface area contributed by atoms with Gasteiger partial charge in [-0.05, 0) is 18.1 Å². The van der Waals surface area contributed by atoms with E-state index < -0.39 is 12.0 Å². The number of urea groups is 1. The van der Waals surface area contributed by atoms with Crippen LogP contribution in [0, 0.1) is 0 Å². The molecule has 3 heterocycles. The summed E-state index contributed by atoms with van der Waals surface area (Å²) in [6, 6.07) is 10.2. The second kappa shape index (κ2) is 9.30. The Morgan fingerprint density at radius 2 is 1.90 bits per heavy atom. The Labute approximate surface area is 184 Å². The SMILES string of the molecule is CCc1cc2c(N3CCN(C(=O)NC(C(=O)OC)c4ccccc4)CC3)ncnc2s1. The maximum absolute atomic E-state index is 12.9.